The molecule has 1 amide bonds. The van der Waals surface area contributed by atoms with Crippen LogP contribution in [0.5, 0.6) is 0 Å². The number of hydrogen-bond acceptors (Lipinski definition) is 2. The van der Waals surface area contributed by atoms with Gasteiger partial charge in [-0.15, -0.1) is 0 Å². The molecule has 0 heterocycles. The first-order valence-corrected chi connectivity index (χ1v) is 7.05. The van der Waals surface area contributed by atoms with Crippen LogP contribution in [0.4, 0.5) is 0 Å². The second-order valence-electron chi connectivity index (χ2n) is 5.81. The summed E-state index contributed by atoms with van der Waals surface area (Å²) in [5.41, 5.74) is 6.79. The van der Waals surface area contributed by atoms with Gasteiger partial charge in [0.2, 0.25) is 5.91 Å². The van der Waals surface area contributed by atoms with Gasteiger partial charge in [0.15, 0.2) is 0 Å². The number of rotatable bonds is 7. The van der Waals surface area contributed by atoms with E-state index in [0.717, 1.165) is 12.8 Å². The van der Waals surface area contributed by atoms with Gasteiger partial charge in [-0.1, -0.05) is 43.7 Å². The van der Waals surface area contributed by atoms with E-state index < -0.39 is 0 Å². The summed E-state index contributed by atoms with van der Waals surface area (Å²) in [4.78, 5) is 12.0. The SMILES string of the molecule is CCCC(NC(=O)CCC(C)(C)N)c1ccccc1. The Morgan fingerprint density at radius 1 is 1.32 bits per heavy atom. The van der Waals surface area contributed by atoms with Crippen molar-refractivity contribution in [2.75, 3.05) is 0 Å². The normalized spacial score (nSPS) is 13.1. The zero-order valence-electron chi connectivity index (χ0n) is 12.3. The number of nitrogens with two attached hydrogens (primary N) is 1. The Morgan fingerprint density at radius 3 is 2.47 bits per heavy atom. The summed E-state index contributed by atoms with van der Waals surface area (Å²) < 4.78 is 0. The molecule has 1 rings (SSSR count). The lowest BCUT2D eigenvalue weighted by atomic mass is 9.98. The van der Waals surface area contributed by atoms with Gasteiger partial charge in [0.05, 0.1) is 6.04 Å². The molecule has 0 aliphatic carbocycles. The summed E-state index contributed by atoms with van der Waals surface area (Å²) in [5.74, 6) is 0.0841. The van der Waals surface area contributed by atoms with Crippen molar-refractivity contribution in [1.29, 1.82) is 0 Å². The molecule has 0 aromatic heterocycles. The minimum Gasteiger partial charge on any atom is -0.349 e. The predicted molar refractivity (Wildman–Crippen MR) is 79.7 cm³/mol. The van der Waals surface area contributed by atoms with Gasteiger partial charge >= 0.3 is 0 Å². The zero-order chi connectivity index (χ0) is 14.3. The molecule has 0 aliphatic rings. The molecular formula is C16H26N2O. The van der Waals surface area contributed by atoms with Crippen LogP contribution in [0.1, 0.15) is 58.1 Å². The van der Waals surface area contributed by atoms with E-state index in [1.54, 1.807) is 0 Å². The maximum absolute atomic E-state index is 12.0. The Morgan fingerprint density at radius 2 is 1.95 bits per heavy atom. The molecule has 0 aliphatic heterocycles. The van der Waals surface area contributed by atoms with Crippen molar-refractivity contribution in [3.05, 3.63) is 35.9 Å². The summed E-state index contributed by atoms with van der Waals surface area (Å²) in [6.45, 7) is 6.02. The summed E-state index contributed by atoms with van der Waals surface area (Å²) in [5, 5.41) is 3.11. The van der Waals surface area contributed by atoms with Crippen molar-refractivity contribution in [2.45, 2.75) is 58.0 Å². The number of hydrogen-bond donors (Lipinski definition) is 2. The molecule has 1 aromatic rings. The van der Waals surface area contributed by atoms with Crippen molar-refractivity contribution in [1.82, 2.24) is 5.32 Å². The minimum absolute atomic E-state index is 0.0841. The fraction of sp³-hybridized carbons (Fsp3) is 0.562. The van der Waals surface area contributed by atoms with Crippen LogP contribution in [-0.2, 0) is 4.79 Å². The van der Waals surface area contributed by atoms with Gasteiger partial charge in [-0.25, -0.2) is 0 Å². The zero-order valence-corrected chi connectivity index (χ0v) is 12.3. The molecule has 0 saturated carbocycles. The van der Waals surface area contributed by atoms with E-state index in [2.05, 4.69) is 24.4 Å². The minimum atomic E-state index is -0.287. The Kier molecular flexibility index (Phi) is 6.03. The lowest BCUT2D eigenvalue weighted by molar-refractivity contribution is -0.122. The quantitative estimate of drug-likeness (QED) is 0.793. The van der Waals surface area contributed by atoms with Crippen LogP contribution in [0.15, 0.2) is 30.3 Å². The molecule has 3 N–H and O–H groups in total. The van der Waals surface area contributed by atoms with Crippen molar-refractivity contribution < 1.29 is 4.79 Å². The van der Waals surface area contributed by atoms with Crippen LogP contribution in [0.25, 0.3) is 0 Å². The Labute approximate surface area is 116 Å². The third kappa shape index (κ3) is 6.39. The van der Waals surface area contributed by atoms with Crippen LogP contribution in [0.2, 0.25) is 0 Å². The first-order chi connectivity index (χ1) is 8.92. The van der Waals surface area contributed by atoms with Gasteiger partial charge in [-0.2, -0.15) is 0 Å². The number of carbonyl (C=O) groups excluding carboxylic acids is 1. The fourth-order valence-electron chi connectivity index (χ4n) is 2.00. The van der Waals surface area contributed by atoms with E-state index in [1.807, 2.05) is 32.0 Å². The molecule has 1 atom stereocenters. The van der Waals surface area contributed by atoms with E-state index in [0.29, 0.717) is 12.8 Å². The van der Waals surface area contributed by atoms with Gasteiger partial charge < -0.3 is 11.1 Å². The third-order valence-corrected chi connectivity index (χ3v) is 3.11. The Hall–Kier alpha value is -1.35. The van der Waals surface area contributed by atoms with Gasteiger partial charge in [-0.05, 0) is 32.3 Å². The van der Waals surface area contributed by atoms with E-state index in [-0.39, 0.29) is 17.5 Å². The lowest BCUT2D eigenvalue weighted by Gasteiger charge is -2.21. The molecule has 3 heteroatoms. The van der Waals surface area contributed by atoms with Crippen molar-refractivity contribution >= 4 is 5.91 Å². The molecule has 106 valence electrons. The number of amides is 1. The van der Waals surface area contributed by atoms with Crippen LogP contribution in [0, 0.1) is 0 Å². The highest BCUT2D eigenvalue weighted by atomic mass is 16.1. The van der Waals surface area contributed by atoms with Gasteiger partial charge in [0, 0.05) is 12.0 Å². The topological polar surface area (TPSA) is 55.1 Å². The molecule has 1 aromatic carbocycles. The van der Waals surface area contributed by atoms with Crippen molar-refractivity contribution in [3.63, 3.8) is 0 Å². The van der Waals surface area contributed by atoms with Crippen LogP contribution in [0.3, 0.4) is 0 Å². The molecule has 0 bridgehead atoms. The average Bonchev–Trinajstić information content (AvgIpc) is 2.36. The van der Waals surface area contributed by atoms with Gasteiger partial charge in [0.1, 0.15) is 0 Å². The molecule has 0 fully saturated rings. The summed E-state index contributed by atoms with van der Waals surface area (Å²) in [6.07, 6.45) is 3.19. The number of benzene rings is 1. The monoisotopic (exact) mass is 262 g/mol. The van der Waals surface area contributed by atoms with Gasteiger partial charge in [0.25, 0.3) is 0 Å². The van der Waals surface area contributed by atoms with Crippen LogP contribution >= 0.6 is 0 Å². The smallest absolute Gasteiger partial charge is 0.220 e. The molecule has 0 spiro atoms. The molecule has 3 nitrogen and oxygen atoms in total. The van der Waals surface area contributed by atoms with Crippen LogP contribution < -0.4 is 11.1 Å². The summed E-state index contributed by atoms with van der Waals surface area (Å²) in [6, 6.07) is 10.2. The fourth-order valence-corrected chi connectivity index (χ4v) is 2.00. The molecule has 0 saturated heterocycles. The molecule has 1 unspecified atom stereocenters. The lowest BCUT2D eigenvalue weighted by Crippen LogP contribution is -2.35. The standard InChI is InChI=1S/C16H26N2O/c1-4-8-14(13-9-6-5-7-10-13)18-15(19)11-12-16(2,3)17/h5-7,9-10,14H,4,8,11-12,17H2,1-3H3,(H,18,19). The molecule has 0 radical (unpaired) electrons. The predicted octanol–water partition coefficient (Wildman–Crippen LogP) is 3.16. The van der Waals surface area contributed by atoms with E-state index >= 15 is 0 Å². The van der Waals surface area contributed by atoms with E-state index in [1.165, 1.54) is 5.56 Å². The highest BCUT2D eigenvalue weighted by Crippen LogP contribution is 2.18. The largest absolute Gasteiger partial charge is 0.349 e. The highest BCUT2D eigenvalue weighted by molar-refractivity contribution is 5.76. The van der Waals surface area contributed by atoms with E-state index in [9.17, 15) is 4.79 Å². The van der Waals surface area contributed by atoms with Crippen molar-refractivity contribution in [2.24, 2.45) is 5.73 Å². The van der Waals surface area contributed by atoms with Crippen molar-refractivity contribution in [3.8, 4) is 0 Å². The second-order valence-corrected chi connectivity index (χ2v) is 5.81. The third-order valence-electron chi connectivity index (χ3n) is 3.11. The maximum Gasteiger partial charge on any atom is 0.220 e. The highest BCUT2D eigenvalue weighted by Gasteiger charge is 2.16. The van der Waals surface area contributed by atoms with E-state index in [4.69, 9.17) is 5.73 Å². The molecule has 19 heavy (non-hydrogen) atoms. The maximum atomic E-state index is 12.0. The first-order valence-electron chi connectivity index (χ1n) is 7.05. The number of carbonyl (C=O) groups is 1. The van der Waals surface area contributed by atoms with Gasteiger partial charge in [-0.3, -0.25) is 4.79 Å². The Balaban J connectivity index is 2.57. The Bertz CT molecular complexity index is 381. The second kappa shape index (κ2) is 7.29. The summed E-state index contributed by atoms with van der Waals surface area (Å²) >= 11 is 0. The number of nitrogens with one attached hydrogen (secondary N) is 1. The first kappa shape index (κ1) is 15.7. The van der Waals surface area contributed by atoms with Crippen LogP contribution in [-0.4, -0.2) is 11.4 Å². The summed E-state index contributed by atoms with van der Waals surface area (Å²) in [7, 11) is 0. The molecular weight excluding hydrogens is 236 g/mol. The average molecular weight is 262 g/mol.